The number of nitrogens with zero attached hydrogens (tertiary/aromatic N) is 3. The molecule has 0 radical (unpaired) electrons. The van der Waals surface area contributed by atoms with Crippen LogP contribution in [0.25, 0.3) is 11.2 Å². The highest BCUT2D eigenvalue weighted by atomic mass is 19.4. The highest BCUT2D eigenvalue weighted by Gasteiger charge is 2.31. The summed E-state index contributed by atoms with van der Waals surface area (Å²) in [6.07, 6.45) is -4.27. The number of rotatable bonds is 3. The molecule has 126 valence electrons. The smallest absolute Gasteiger partial charge is 0.296 e. The molecule has 0 aliphatic rings. The highest BCUT2D eigenvalue weighted by Crippen LogP contribution is 2.26. The summed E-state index contributed by atoms with van der Waals surface area (Å²) in [7, 11) is 0. The zero-order valence-corrected chi connectivity index (χ0v) is 13.5. The van der Waals surface area contributed by atoms with Crippen molar-refractivity contribution in [1.82, 2.24) is 14.5 Å². The van der Waals surface area contributed by atoms with Crippen LogP contribution in [0.15, 0.2) is 12.1 Å². The van der Waals surface area contributed by atoms with Crippen LogP contribution in [0.5, 0.6) is 0 Å². The Kier molecular flexibility index (Phi) is 4.37. The molecule has 0 fully saturated rings. The van der Waals surface area contributed by atoms with Crippen LogP contribution in [-0.4, -0.2) is 26.6 Å². The number of hydrogen-bond acceptors (Lipinski definition) is 3. The maximum atomic E-state index is 12.8. The molecule has 2 aromatic heterocycles. The lowest BCUT2D eigenvalue weighted by atomic mass is 9.92. The van der Waals surface area contributed by atoms with Crippen LogP contribution in [0.3, 0.4) is 0 Å². The van der Waals surface area contributed by atoms with E-state index in [9.17, 15) is 18.0 Å². The Bertz CT molecular complexity index is 729. The zero-order valence-electron chi connectivity index (χ0n) is 13.5. The van der Waals surface area contributed by atoms with Crippen LogP contribution in [0.2, 0.25) is 0 Å². The van der Waals surface area contributed by atoms with E-state index >= 15 is 0 Å². The fraction of sp³-hybridized carbons (Fsp3) is 0.533. The van der Waals surface area contributed by atoms with Gasteiger partial charge in [0.1, 0.15) is 12.1 Å². The minimum atomic E-state index is -4.44. The Hall–Kier alpha value is -2.12. The van der Waals surface area contributed by atoms with Crippen molar-refractivity contribution in [3.8, 4) is 0 Å². The van der Waals surface area contributed by atoms with Gasteiger partial charge in [-0.1, -0.05) is 20.8 Å². The Morgan fingerprint density at radius 3 is 2.43 bits per heavy atom. The van der Waals surface area contributed by atoms with Crippen LogP contribution in [0.4, 0.5) is 19.1 Å². The van der Waals surface area contributed by atoms with Crippen molar-refractivity contribution in [2.24, 2.45) is 5.41 Å². The van der Waals surface area contributed by atoms with E-state index < -0.39 is 12.7 Å². The first kappa shape index (κ1) is 17.2. The molecule has 1 amide bonds. The number of nitrogens with one attached hydrogen (secondary N) is 1. The average molecular weight is 328 g/mol. The number of alkyl halides is 3. The number of halogens is 3. The van der Waals surface area contributed by atoms with Crippen LogP contribution in [-0.2, 0) is 11.3 Å². The molecule has 5 nitrogen and oxygen atoms in total. The van der Waals surface area contributed by atoms with Crippen molar-refractivity contribution in [3.05, 3.63) is 17.8 Å². The van der Waals surface area contributed by atoms with Gasteiger partial charge in [0, 0.05) is 12.1 Å². The van der Waals surface area contributed by atoms with Crippen molar-refractivity contribution in [1.29, 1.82) is 0 Å². The monoisotopic (exact) mass is 328 g/mol. The molecule has 0 spiro atoms. The fourth-order valence-corrected chi connectivity index (χ4v) is 2.17. The molecule has 2 rings (SSSR count). The van der Waals surface area contributed by atoms with Crippen molar-refractivity contribution in [2.45, 2.75) is 46.8 Å². The number of carbonyl (C=O) groups excluding carboxylic acids is 1. The molecule has 0 atom stereocenters. The molecule has 0 bridgehead atoms. The molecule has 0 aromatic carbocycles. The number of anilines is 1. The molecule has 0 unspecified atom stereocenters. The molecule has 2 heterocycles. The summed E-state index contributed by atoms with van der Waals surface area (Å²) in [6.45, 7) is 6.04. The number of hydrogen-bond donors (Lipinski definition) is 1. The second-order valence-electron chi connectivity index (χ2n) is 6.72. The van der Waals surface area contributed by atoms with Gasteiger partial charge in [-0.2, -0.15) is 13.2 Å². The maximum absolute atomic E-state index is 12.8. The van der Waals surface area contributed by atoms with E-state index in [1.165, 1.54) is 0 Å². The van der Waals surface area contributed by atoms with Crippen LogP contribution in [0.1, 0.15) is 32.9 Å². The third-order valence-corrected chi connectivity index (χ3v) is 3.01. The number of imidazole rings is 1. The summed E-state index contributed by atoms with van der Waals surface area (Å²) in [5, 5.41) is 2.47. The molecule has 0 aliphatic heterocycles. The predicted octanol–water partition coefficient (Wildman–Crippen LogP) is 3.68. The SMILES string of the molecule is Cc1ccc2nc(NC(=O)CC(C)(C)C)n(CC(F)(F)F)c2n1. The first-order chi connectivity index (χ1) is 10.4. The Morgan fingerprint density at radius 1 is 1.22 bits per heavy atom. The second kappa shape index (κ2) is 5.82. The summed E-state index contributed by atoms with van der Waals surface area (Å²) in [5.41, 5.74) is 0.715. The van der Waals surface area contributed by atoms with Gasteiger partial charge in [-0.25, -0.2) is 9.97 Å². The van der Waals surface area contributed by atoms with Gasteiger partial charge in [0.15, 0.2) is 5.65 Å². The summed E-state index contributed by atoms with van der Waals surface area (Å²) in [5.74, 6) is -0.516. The molecule has 0 aliphatic carbocycles. The quantitative estimate of drug-likeness (QED) is 0.935. The first-order valence-corrected chi connectivity index (χ1v) is 7.15. The van der Waals surface area contributed by atoms with Gasteiger partial charge in [-0.05, 0) is 24.5 Å². The van der Waals surface area contributed by atoms with Gasteiger partial charge >= 0.3 is 6.18 Å². The van der Waals surface area contributed by atoms with Crippen molar-refractivity contribution < 1.29 is 18.0 Å². The number of carbonyl (C=O) groups is 1. The first-order valence-electron chi connectivity index (χ1n) is 7.15. The van der Waals surface area contributed by atoms with Gasteiger partial charge in [0.25, 0.3) is 0 Å². The van der Waals surface area contributed by atoms with Crippen molar-refractivity contribution >= 4 is 23.0 Å². The van der Waals surface area contributed by atoms with E-state index in [0.29, 0.717) is 11.2 Å². The lowest BCUT2D eigenvalue weighted by Crippen LogP contribution is -2.24. The van der Waals surface area contributed by atoms with Gasteiger partial charge in [0.05, 0.1) is 0 Å². The van der Waals surface area contributed by atoms with Crippen LogP contribution in [0, 0.1) is 12.3 Å². The maximum Gasteiger partial charge on any atom is 0.406 e. The average Bonchev–Trinajstić information content (AvgIpc) is 2.63. The summed E-state index contributed by atoms with van der Waals surface area (Å²) in [4.78, 5) is 20.2. The molecule has 1 N–H and O–H groups in total. The van der Waals surface area contributed by atoms with Gasteiger partial charge < -0.3 is 0 Å². The summed E-state index contributed by atoms with van der Waals surface area (Å²) >= 11 is 0. The molecule has 8 heteroatoms. The lowest BCUT2D eigenvalue weighted by molar-refractivity contribution is -0.139. The van der Waals surface area contributed by atoms with E-state index in [0.717, 1.165) is 4.57 Å². The largest absolute Gasteiger partial charge is 0.406 e. The summed E-state index contributed by atoms with van der Waals surface area (Å²) in [6, 6.07) is 3.25. The van der Waals surface area contributed by atoms with E-state index in [2.05, 4.69) is 15.3 Å². The third kappa shape index (κ3) is 4.67. The summed E-state index contributed by atoms with van der Waals surface area (Å²) < 4.78 is 39.4. The van der Waals surface area contributed by atoms with Crippen LogP contribution < -0.4 is 5.32 Å². The minimum absolute atomic E-state index is 0.105. The molecule has 0 saturated heterocycles. The van der Waals surface area contributed by atoms with Gasteiger partial charge in [0.2, 0.25) is 11.9 Å². The predicted molar refractivity (Wildman–Crippen MR) is 81.0 cm³/mol. The van der Waals surface area contributed by atoms with Gasteiger partial charge in [-0.3, -0.25) is 14.7 Å². The van der Waals surface area contributed by atoms with Crippen LogP contribution >= 0.6 is 0 Å². The molecule has 0 saturated carbocycles. The molecule has 23 heavy (non-hydrogen) atoms. The third-order valence-electron chi connectivity index (χ3n) is 3.01. The Labute approximate surface area is 131 Å². The van der Waals surface area contributed by atoms with Crippen molar-refractivity contribution in [2.75, 3.05) is 5.32 Å². The highest BCUT2D eigenvalue weighted by molar-refractivity contribution is 5.91. The number of fused-ring (bicyclic) bond motifs is 1. The number of aryl methyl sites for hydroxylation is 1. The normalized spacial score (nSPS) is 12.7. The Morgan fingerprint density at radius 2 is 1.87 bits per heavy atom. The molecular formula is C15H19F3N4O. The van der Waals surface area contributed by atoms with E-state index in [1.54, 1.807) is 19.1 Å². The molecular weight excluding hydrogens is 309 g/mol. The van der Waals surface area contributed by atoms with Crippen molar-refractivity contribution in [3.63, 3.8) is 0 Å². The lowest BCUT2D eigenvalue weighted by Gasteiger charge is -2.17. The van der Waals surface area contributed by atoms with E-state index in [1.807, 2.05) is 20.8 Å². The minimum Gasteiger partial charge on any atom is -0.296 e. The van der Waals surface area contributed by atoms with Gasteiger partial charge in [-0.15, -0.1) is 0 Å². The standard InChI is InChI=1S/C15H19F3N4O/c1-9-5-6-10-12(19-9)22(8-15(16,17)18)13(20-10)21-11(23)7-14(2,3)4/h5-6H,7-8H2,1-4H3,(H,20,21,23). The number of pyridine rings is 1. The number of amides is 1. The number of aromatic nitrogens is 3. The fourth-order valence-electron chi connectivity index (χ4n) is 2.17. The topological polar surface area (TPSA) is 59.8 Å². The second-order valence-corrected chi connectivity index (χ2v) is 6.72. The zero-order chi connectivity index (χ0) is 17.4. The van der Waals surface area contributed by atoms with E-state index in [-0.39, 0.29) is 29.3 Å². The Balaban J connectivity index is 2.41. The van der Waals surface area contributed by atoms with E-state index in [4.69, 9.17) is 0 Å². The molecule has 2 aromatic rings.